The monoisotopic (exact) mass is 307 g/mol. The number of alkyl halides is 3. The maximum Gasteiger partial charge on any atom is 0.416 e. The molecule has 1 aromatic rings. The SMILES string of the molecule is COC(=O)C(C)(C)SCc1cc(C(F)(F)F)ccc1N. The number of hydrogen-bond donors (Lipinski definition) is 1. The molecule has 0 heterocycles. The second-order valence-corrected chi connectivity index (χ2v) is 6.30. The number of carbonyl (C=O) groups excluding carboxylic acids is 1. The van der Waals surface area contributed by atoms with Gasteiger partial charge in [-0.2, -0.15) is 13.2 Å². The second kappa shape index (κ2) is 5.95. The summed E-state index contributed by atoms with van der Waals surface area (Å²) in [7, 11) is 1.27. The predicted molar refractivity (Wildman–Crippen MR) is 73.2 cm³/mol. The molecular formula is C13H16F3NO2S. The molecule has 0 amide bonds. The molecule has 0 unspecified atom stereocenters. The number of nitrogen functional groups attached to an aromatic ring is 1. The molecule has 1 aromatic carbocycles. The van der Waals surface area contributed by atoms with Gasteiger partial charge in [0.25, 0.3) is 0 Å². The molecule has 0 radical (unpaired) electrons. The van der Waals surface area contributed by atoms with Gasteiger partial charge in [-0.25, -0.2) is 0 Å². The predicted octanol–water partition coefficient (Wildman–Crippen LogP) is 3.47. The van der Waals surface area contributed by atoms with Gasteiger partial charge in [0, 0.05) is 11.4 Å². The number of hydrogen-bond acceptors (Lipinski definition) is 4. The lowest BCUT2D eigenvalue weighted by Crippen LogP contribution is -2.29. The van der Waals surface area contributed by atoms with Gasteiger partial charge in [-0.1, -0.05) is 0 Å². The summed E-state index contributed by atoms with van der Waals surface area (Å²) < 4.78 is 41.7. The number of benzene rings is 1. The first kappa shape index (κ1) is 16.7. The third-order valence-electron chi connectivity index (χ3n) is 2.74. The van der Waals surface area contributed by atoms with Gasteiger partial charge in [0.1, 0.15) is 4.75 Å². The number of carbonyl (C=O) groups is 1. The number of anilines is 1. The molecule has 0 saturated carbocycles. The van der Waals surface area contributed by atoms with Gasteiger partial charge < -0.3 is 10.5 Å². The van der Waals surface area contributed by atoms with Crippen LogP contribution in [0.5, 0.6) is 0 Å². The highest BCUT2D eigenvalue weighted by atomic mass is 32.2. The molecular weight excluding hydrogens is 291 g/mol. The van der Waals surface area contributed by atoms with Crippen LogP contribution in [0.4, 0.5) is 18.9 Å². The van der Waals surface area contributed by atoms with Crippen molar-refractivity contribution in [2.45, 2.75) is 30.5 Å². The molecule has 1 rings (SSSR count). The summed E-state index contributed by atoms with van der Waals surface area (Å²) in [5.74, 6) is -0.245. The van der Waals surface area contributed by atoms with E-state index < -0.39 is 22.5 Å². The Balaban J connectivity index is 2.91. The maximum atomic E-state index is 12.6. The number of nitrogens with two attached hydrogens (primary N) is 1. The first-order valence-corrected chi connectivity index (χ1v) is 6.74. The van der Waals surface area contributed by atoms with Crippen LogP contribution >= 0.6 is 11.8 Å². The van der Waals surface area contributed by atoms with E-state index in [4.69, 9.17) is 5.73 Å². The zero-order valence-electron chi connectivity index (χ0n) is 11.4. The molecule has 0 aliphatic heterocycles. The van der Waals surface area contributed by atoms with Crippen LogP contribution in [0.25, 0.3) is 0 Å². The fourth-order valence-electron chi connectivity index (χ4n) is 1.47. The van der Waals surface area contributed by atoms with Gasteiger partial charge in [0.2, 0.25) is 0 Å². The van der Waals surface area contributed by atoms with E-state index in [2.05, 4.69) is 4.74 Å². The van der Waals surface area contributed by atoms with Gasteiger partial charge in [0.15, 0.2) is 0 Å². The molecule has 0 spiro atoms. The Morgan fingerprint density at radius 2 is 1.95 bits per heavy atom. The zero-order valence-corrected chi connectivity index (χ0v) is 12.2. The molecule has 0 aliphatic carbocycles. The molecule has 0 saturated heterocycles. The molecule has 0 bridgehead atoms. The van der Waals surface area contributed by atoms with E-state index in [9.17, 15) is 18.0 Å². The van der Waals surface area contributed by atoms with Crippen molar-refractivity contribution in [2.24, 2.45) is 0 Å². The van der Waals surface area contributed by atoms with Crippen LogP contribution in [0.3, 0.4) is 0 Å². The Morgan fingerprint density at radius 1 is 1.35 bits per heavy atom. The van der Waals surface area contributed by atoms with Crippen molar-refractivity contribution in [3.8, 4) is 0 Å². The molecule has 112 valence electrons. The van der Waals surface area contributed by atoms with Crippen molar-refractivity contribution in [2.75, 3.05) is 12.8 Å². The summed E-state index contributed by atoms with van der Waals surface area (Å²) >= 11 is 1.18. The lowest BCUT2D eigenvalue weighted by Gasteiger charge is -2.21. The molecule has 3 nitrogen and oxygen atoms in total. The highest BCUT2D eigenvalue weighted by Gasteiger charge is 2.32. The first-order chi connectivity index (χ1) is 9.08. The minimum atomic E-state index is -4.41. The summed E-state index contributed by atoms with van der Waals surface area (Å²) in [4.78, 5) is 11.5. The number of methoxy groups -OCH3 is 1. The number of ether oxygens (including phenoxy) is 1. The van der Waals surface area contributed by atoms with Crippen molar-refractivity contribution in [1.29, 1.82) is 0 Å². The van der Waals surface area contributed by atoms with Crippen molar-refractivity contribution in [1.82, 2.24) is 0 Å². The average Bonchev–Trinajstić information content (AvgIpc) is 2.35. The fraction of sp³-hybridized carbons (Fsp3) is 0.462. The molecule has 0 aliphatic rings. The Hall–Kier alpha value is -1.37. The lowest BCUT2D eigenvalue weighted by molar-refractivity contribution is -0.142. The van der Waals surface area contributed by atoms with Crippen LogP contribution in [0.2, 0.25) is 0 Å². The number of halogens is 3. The Labute approximate surface area is 119 Å². The van der Waals surface area contributed by atoms with Crippen LogP contribution in [-0.4, -0.2) is 17.8 Å². The zero-order chi connectivity index (χ0) is 15.6. The Bertz CT molecular complexity index is 501. The first-order valence-electron chi connectivity index (χ1n) is 5.76. The molecule has 0 aromatic heterocycles. The van der Waals surface area contributed by atoms with Crippen molar-refractivity contribution in [3.63, 3.8) is 0 Å². The third kappa shape index (κ3) is 4.06. The minimum Gasteiger partial charge on any atom is -0.468 e. The normalized spacial score (nSPS) is 12.3. The minimum absolute atomic E-state index is 0.192. The van der Waals surface area contributed by atoms with Crippen molar-refractivity contribution in [3.05, 3.63) is 29.3 Å². The third-order valence-corrected chi connectivity index (χ3v) is 4.08. The van der Waals surface area contributed by atoms with E-state index in [1.54, 1.807) is 13.8 Å². The average molecular weight is 307 g/mol. The summed E-state index contributed by atoms with van der Waals surface area (Å²) in [6, 6.07) is 3.18. The van der Waals surface area contributed by atoms with Crippen LogP contribution in [0.15, 0.2) is 18.2 Å². The standard InChI is InChI=1S/C13H16F3NO2S/c1-12(2,11(18)19-3)20-7-8-6-9(13(14,15)16)4-5-10(8)17/h4-6H,7,17H2,1-3H3. The van der Waals surface area contributed by atoms with E-state index >= 15 is 0 Å². The van der Waals surface area contributed by atoms with Gasteiger partial charge >= 0.3 is 12.1 Å². The Kier molecular flexibility index (Phi) is 4.96. The number of thioether (sulfide) groups is 1. The van der Waals surface area contributed by atoms with E-state index in [1.807, 2.05) is 0 Å². The summed E-state index contributed by atoms with van der Waals surface area (Å²) in [5.41, 5.74) is 5.54. The molecule has 0 fully saturated rings. The number of rotatable bonds is 4. The topological polar surface area (TPSA) is 52.3 Å². The van der Waals surface area contributed by atoms with E-state index in [1.165, 1.54) is 24.9 Å². The smallest absolute Gasteiger partial charge is 0.416 e. The molecule has 7 heteroatoms. The van der Waals surface area contributed by atoms with E-state index in [0.717, 1.165) is 12.1 Å². The van der Waals surface area contributed by atoms with Crippen LogP contribution in [0, 0.1) is 0 Å². The van der Waals surface area contributed by atoms with Gasteiger partial charge in [-0.05, 0) is 37.6 Å². The largest absolute Gasteiger partial charge is 0.468 e. The fourth-order valence-corrected chi connectivity index (χ4v) is 2.44. The van der Waals surface area contributed by atoms with Crippen molar-refractivity contribution >= 4 is 23.4 Å². The van der Waals surface area contributed by atoms with Gasteiger partial charge in [0.05, 0.1) is 12.7 Å². The second-order valence-electron chi connectivity index (χ2n) is 4.70. The van der Waals surface area contributed by atoms with Gasteiger partial charge in [-0.3, -0.25) is 4.79 Å². The molecule has 2 N–H and O–H groups in total. The molecule has 20 heavy (non-hydrogen) atoms. The van der Waals surface area contributed by atoms with Crippen molar-refractivity contribution < 1.29 is 22.7 Å². The quantitative estimate of drug-likeness (QED) is 0.683. The maximum absolute atomic E-state index is 12.6. The van der Waals surface area contributed by atoms with Crippen LogP contribution < -0.4 is 5.73 Å². The number of esters is 1. The molecule has 0 atom stereocenters. The summed E-state index contributed by atoms with van der Waals surface area (Å²) in [6.45, 7) is 3.29. The van der Waals surface area contributed by atoms with E-state index in [-0.39, 0.29) is 11.4 Å². The summed E-state index contributed by atoms with van der Waals surface area (Å²) in [6.07, 6.45) is -4.41. The summed E-state index contributed by atoms with van der Waals surface area (Å²) in [5, 5.41) is 0. The lowest BCUT2D eigenvalue weighted by atomic mass is 10.1. The van der Waals surface area contributed by atoms with Crippen LogP contribution in [0.1, 0.15) is 25.0 Å². The van der Waals surface area contributed by atoms with Gasteiger partial charge in [-0.15, -0.1) is 11.8 Å². The highest BCUT2D eigenvalue weighted by Crippen LogP contribution is 2.35. The van der Waals surface area contributed by atoms with Crippen LogP contribution in [-0.2, 0) is 21.5 Å². The van der Waals surface area contributed by atoms with E-state index in [0.29, 0.717) is 5.56 Å². The highest BCUT2D eigenvalue weighted by molar-refractivity contribution is 8.00. The Morgan fingerprint density at radius 3 is 2.45 bits per heavy atom.